The zero-order chi connectivity index (χ0) is 21.2. The molecule has 0 unspecified atom stereocenters. The van der Waals surface area contributed by atoms with Gasteiger partial charge < -0.3 is 15.0 Å². The van der Waals surface area contributed by atoms with Crippen molar-refractivity contribution >= 4 is 22.4 Å². The zero-order valence-electron chi connectivity index (χ0n) is 17.1. The largest absolute Gasteiger partial charge is 0.507 e. The monoisotopic (exact) mass is 406 g/mol. The maximum absolute atomic E-state index is 13.5. The summed E-state index contributed by atoms with van der Waals surface area (Å²) in [4.78, 5) is 19.1. The molecule has 3 heterocycles. The van der Waals surface area contributed by atoms with Crippen LogP contribution in [0.4, 0.5) is 0 Å². The molecular weight excluding hydrogens is 384 g/mol. The molecular formula is C27H22N2O2. The first-order valence-electron chi connectivity index (χ1n) is 10.6. The van der Waals surface area contributed by atoms with Gasteiger partial charge in [-0.15, -0.1) is 0 Å². The molecule has 4 aromatic rings. The molecule has 0 aliphatic carbocycles. The van der Waals surface area contributed by atoms with Crippen molar-refractivity contribution in [1.29, 1.82) is 0 Å². The third-order valence-electron chi connectivity index (χ3n) is 6.88. The number of aromatic amines is 1. The fourth-order valence-corrected chi connectivity index (χ4v) is 5.55. The number of nitrogens with zero attached hydrogens (tertiary/aromatic N) is 1. The smallest absolute Gasteiger partial charge is 0.255 e. The highest BCUT2D eigenvalue weighted by atomic mass is 16.3. The molecule has 0 bridgehead atoms. The maximum atomic E-state index is 13.5. The number of carbonyl (C=O) groups excluding carboxylic acids is 1. The number of para-hydroxylation sites is 2. The number of phenolic OH excluding ortho intramolecular Hbond substituents is 1. The van der Waals surface area contributed by atoms with Crippen LogP contribution in [-0.2, 0) is 12.0 Å². The van der Waals surface area contributed by atoms with Crippen LogP contribution in [0.15, 0.2) is 79.4 Å². The molecule has 2 N–H and O–H groups in total. The number of carbonyl (C=O) groups is 1. The van der Waals surface area contributed by atoms with Crippen LogP contribution in [-0.4, -0.2) is 27.4 Å². The molecule has 1 amide bonds. The molecule has 3 aromatic carbocycles. The minimum Gasteiger partial charge on any atom is -0.507 e. The van der Waals surface area contributed by atoms with E-state index in [-0.39, 0.29) is 11.7 Å². The molecule has 152 valence electrons. The van der Waals surface area contributed by atoms with Gasteiger partial charge in [0.2, 0.25) is 0 Å². The highest BCUT2D eigenvalue weighted by Gasteiger charge is 2.54. The van der Waals surface area contributed by atoms with Gasteiger partial charge in [-0.3, -0.25) is 4.79 Å². The summed E-state index contributed by atoms with van der Waals surface area (Å²) in [6.07, 6.45) is 1.32. The number of H-pyrrole nitrogens is 1. The van der Waals surface area contributed by atoms with Gasteiger partial charge in [0, 0.05) is 35.0 Å². The van der Waals surface area contributed by atoms with Gasteiger partial charge in [0.05, 0.1) is 5.69 Å². The molecule has 4 nitrogen and oxygen atoms in total. The van der Waals surface area contributed by atoms with Gasteiger partial charge in [0.1, 0.15) is 11.3 Å². The topological polar surface area (TPSA) is 56.3 Å². The molecule has 0 saturated heterocycles. The summed E-state index contributed by atoms with van der Waals surface area (Å²) in [7, 11) is 0. The van der Waals surface area contributed by atoms with Gasteiger partial charge in [0.25, 0.3) is 5.91 Å². The van der Waals surface area contributed by atoms with Gasteiger partial charge in [0.15, 0.2) is 0 Å². The third-order valence-corrected chi connectivity index (χ3v) is 6.88. The Hall–Kier alpha value is -3.79. The first kappa shape index (κ1) is 18.0. The molecule has 4 heteroatoms. The van der Waals surface area contributed by atoms with Crippen molar-refractivity contribution in [2.75, 3.05) is 6.54 Å². The van der Waals surface area contributed by atoms with Gasteiger partial charge in [-0.1, -0.05) is 61.2 Å². The third kappa shape index (κ3) is 2.33. The molecule has 6 rings (SSSR count). The van der Waals surface area contributed by atoms with Gasteiger partial charge in [-0.25, -0.2) is 0 Å². The highest BCUT2D eigenvalue weighted by molar-refractivity contribution is 6.02. The van der Waals surface area contributed by atoms with Crippen molar-refractivity contribution in [2.45, 2.75) is 18.4 Å². The summed E-state index contributed by atoms with van der Waals surface area (Å²) in [5.74, 6) is 0.269. The highest BCUT2D eigenvalue weighted by Crippen LogP contribution is 2.53. The van der Waals surface area contributed by atoms with E-state index < -0.39 is 5.54 Å². The number of amides is 1. The number of benzene rings is 3. The average Bonchev–Trinajstić information content (AvgIpc) is 3.29. The van der Waals surface area contributed by atoms with Crippen LogP contribution in [0.5, 0.6) is 5.75 Å². The predicted octanol–water partition coefficient (Wildman–Crippen LogP) is 5.23. The SMILES string of the molecule is C=C(C[C@@]12c3ccccc3C(=O)N1CCc1c2[nH]c2ccccc12)c1ccccc1O. The number of phenols is 1. The van der Waals surface area contributed by atoms with E-state index in [2.05, 4.69) is 35.8 Å². The number of aromatic hydroxyl groups is 1. The normalized spacial score (nSPS) is 19.2. The molecule has 0 saturated carbocycles. The van der Waals surface area contributed by atoms with Crippen molar-refractivity contribution in [1.82, 2.24) is 9.88 Å². The van der Waals surface area contributed by atoms with Crippen LogP contribution in [0.3, 0.4) is 0 Å². The Bertz CT molecular complexity index is 1380. The number of hydrogen-bond donors (Lipinski definition) is 2. The Kier molecular flexibility index (Phi) is 3.69. The van der Waals surface area contributed by atoms with E-state index in [1.165, 1.54) is 10.9 Å². The van der Waals surface area contributed by atoms with Crippen LogP contribution in [0, 0.1) is 0 Å². The summed E-state index contributed by atoms with van der Waals surface area (Å²) < 4.78 is 0. The summed E-state index contributed by atoms with van der Waals surface area (Å²) in [5.41, 5.74) is 6.02. The number of rotatable bonds is 3. The van der Waals surface area contributed by atoms with E-state index in [9.17, 15) is 9.90 Å². The summed E-state index contributed by atoms with van der Waals surface area (Å²) in [6, 6.07) is 23.5. The van der Waals surface area contributed by atoms with E-state index >= 15 is 0 Å². The average molecular weight is 406 g/mol. The quantitative estimate of drug-likeness (QED) is 0.489. The Morgan fingerprint density at radius 2 is 1.77 bits per heavy atom. The molecule has 1 atom stereocenters. The van der Waals surface area contributed by atoms with Crippen molar-refractivity contribution in [3.63, 3.8) is 0 Å². The second-order valence-corrected chi connectivity index (χ2v) is 8.43. The Morgan fingerprint density at radius 1 is 1.03 bits per heavy atom. The minimum atomic E-state index is -0.667. The molecule has 1 aromatic heterocycles. The molecule has 2 aliphatic heterocycles. The summed E-state index contributed by atoms with van der Waals surface area (Å²) >= 11 is 0. The minimum absolute atomic E-state index is 0.0602. The molecule has 0 fully saturated rings. The summed E-state index contributed by atoms with van der Waals surface area (Å²) in [5, 5.41) is 11.7. The number of fused-ring (bicyclic) bond motifs is 7. The molecule has 0 spiro atoms. The molecule has 0 radical (unpaired) electrons. The lowest BCUT2D eigenvalue weighted by atomic mass is 9.76. The van der Waals surface area contributed by atoms with Crippen LogP contribution in [0.25, 0.3) is 16.5 Å². The maximum Gasteiger partial charge on any atom is 0.255 e. The van der Waals surface area contributed by atoms with Crippen molar-refractivity contribution in [3.05, 3.63) is 107 Å². The number of aromatic nitrogens is 1. The number of hydrogen-bond acceptors (Lipinski definition) is 2. The van der Waals surface area contributed by atoms with Crippen LogP contribution in [0.2, 0.25) is 0 Å². The first-order valence-corrected chi connectivity index (χ1v) is 10.6. The molecule has 2 aliphatic rings. The second kappa shape index (κ2) is 6.35. The van der Waals surface area contributed by atoms with Crippen molar-refractivity contribution in [3.8, 4) is 5.75 Å². The lowest BCUT2D eigenvalue weighted by molar-refractivity contribution is 0.0602. The van der Waals surface area contributed by atoms with Gasteiger partial charge >= 0.3 is 0 Å². The number of nitrogens with one attached hydrogen (secondary N) is 1. The Morgan fingerprint density at radius 3 is 2.65 bits per heavy atom. The predicted molar refractivity (Wildman–Crippen MR) is 122 cm³/mol. The summed E-state index contributed by atoms with van der Waals surface area (Å²) in [6.45, 7) is 5.00. The fourth-order valence-electron chi connectivity index (χ4n) is 5.55. The van der Waals surface area contributed by atoms with E-state index in [0.29, 0.717) is 13.0 Å². The van der Waals surface area contributed by atoms with E-state index in [0.717, 1.165) is 39.9 Å². The zero-order valence-corrected chi connectivity index (χ0v) is 17.1. The molecule has 31 heavy (non-hydrogen) atoms. The standard InChI is InChI=1S/C27H22N2O2/c1-17(18-8-4-7-13-24(18)30)16-27-22-11-5-2-10-21(22)26(31)29(27)15-14-20-19-9-3-6-12-23(19)28-25(20)27/h2-13,28,30H,1,14-16H2/t27-/m0/s1. The Balaban J connectivity index is 1.63. The van der Waals surface area contributed by atoms with Crippen molar-refractivity contribution < 1.29 is 9.90 Å². The van der Waals surface area contributed by atoms with Crippen LogP contribution < -0.4 is 0 Å². The van der Waals surface area contributed by atoms with Crippen molar-refractivity contribution in [2.24, 2.45) is 0 Å². The van der Waals surface area contributed by atoms with Crippen LogP contribution in [0.1, 0.15) is 39.2 Å². The van der Waals surface area contributed by atoms with E-state index in [1.807, 2.05) is 47.4 Å². The lowest BCUT2D eigenvalue weighted by Gasteiger charge is -2.43. The first-order chi connectivity index (χ1) is 15.1. The fraction of sp³-hybridized carbons (Fsp3) is 0.148. The van der Waals surface area contributed by atoms with Crippen LogP contribution >= 0.6 is 0 Å². The van der Waals surface area contributed by atoms with Gasteiger partial charge in [-0.05, 0) is 41.3 Å². The van der Waals surface area contributed by atoms with Gasteiger partial charge in [-0.2, -0.15) is 0 Å². The second-order valence-electron chi connectivity index (χ2n) is 8.43. The van der Waals surface area contributed by atoms with E-state index in [1.54, 1.807) is 6.07 Å². The Labute approximate surface area is 180 Å². The lowest BCUT2D eigenvalue weighted by Crippen LogP contribution is -2.49. The van der Waals surface area contributed by atoms with E-state index in [4.69, 9.17) is 0 Å².